The van der Waals surface area contributed by atoms with Crippen LogP contribution in [0, 0.1) is 5.92 Å². The van der Waals surface area contributed by atoms with Gasteiger partial charge in [-0.25, -0.2) is 0 Å². The van der Waals surface area contributed by atoms with Gasteiger partial charge in [0, 0.05) is 25.0 Å². The molecule has 0 bridgehead atoms. The summed E-state index contributed by atoms with van der Waals surface area (Å²) in [4.78, 5) is 11.1. The zero-order chi connectivity index (χ0) is 9.35. The van der Waals surface area contributed by atoms with Crippen molar-refractivity contribution in [2.24, 2.45) is 5.92 Å². The van der Waals surface area contributed by atoms with Crippen LogP contribution in [-0.2, 0) is 4.79 Å². The van der Waals surface area contributed by atoms with E-state index in [-0.39, 0.29) is 42.6 Å². The molecule has 1 aliphatic heterocycles. The molecule has 1 heterocycles. The van der Waals surface area contributed by atoms with E-state index in [1.807, 2.05) is 0 Å². The van der Waals surface area contributed by atoms with Gasteiger partial charge in [0.2, 0.25) is 0 Å². The van der Waals surface area contributed by atoms with E-state index in [0.717, 1.165) is 4.90 Å². The first kappa shape index (κ1) is 13.2. The van der Waals surface area contributed by atoms with E-state index in [1.54, 1.807) is 0 Å². The smallest absolute Gasteiger partial charge is 0.550 e. The Morgan fingerprint density at radius 3 is 2.23 bits per heavy atom. The fourth-order valence-electron chi connectivity index (χ4n) is 1.10. The molecule has 0 spiro atoms. The Morgan fingerprint density at radius 2 is 1.92 bits per heavy atom. The molecular formula is C6H7F3NNaO2. The molecule has 0 amide bonds. The van der Waals surface area contributed by atoms with Crippen molar-refractivity contribution < 1.29 is 52.6 Å². The monoisotopic (exact) mass is 205 g/mol. The van der Waals surface area contributed by atoms with Gasteiger partial charge >= 0.3 is 35.7 Å². The standard InChI is InChI=1S/C6H8F3NO2.Na/c7-6(8,9)3-10-1-4(2-10)5(11)12;/h4H,1-3H2,(H,11,12);/q;+1/p-1. The number of carbonyl (C=O) groups is 1. The van der Waals surface area contributed by atoms with Gasteiger partial charge in [0.15, 0.2) is 0 Å². The molecular weight excluding hydrogens is 198 g/mol. The summed E-state index contributed by atoms with van der Waals surface area (Å²) in [6.07, 6.45) is -4.24. The van der Waals surface area contributed by atoms with Crippen LogP contribution in [0.15, 0.2) is 0 Å². The first-order chi connectivity index (χ1) is 5.38. The van der Waals surface area contributed by atoms with Crippen LogP contribution in [-0.4, -0.2) is 36.7 Å². The van der Waals surface area contributed by atoms with Crippen molar-refractivity contribution in [3.8, 4) is 0 Å². The number of hydrogen-bond donors (Lipinski definition) is 0. The van der Waals surface area contributed by atoms with Crippen LogP contribution in [0.5, 0.6) is 0 Å². The minimum absolute atomic E-state index is 0. The van der Waals surface area contributed by atoms with E-state index in [9.17, 15) is 23.1 Å². The zero-order valence-corrected chi connectivity index (χ0v) is 9.10. The van der Waals surface area contributed by atoms with Crippen LogP contribution < -0.4 is 34.7 Å². The molecule has 0 aromatic carbocycles. The molecule has 0 aromatic heterocycles. The summed E-state index contributed by atoms with van der Waals surface area (Å²) >= 11 is 0. The average molecular weight is 205 g/mol. The van der Waals surface area contributed by atoms with Crippen LogP contribution in [0.2, 0.25) is 0 Å². The number of aliphatic carboxylic acids is 1. The average Bonchev–Trinajstić information content (AvgIpc) is 1.74. The van der Waals surface area contributed by atoms with Crippen LogP contribution >= 0.6 is 0 Å². The molecule has 0 aliphatic carbocycles. The Labute approximate surface area is 95.2 Å². The van der Waals surface area contributed by atoms with Gasteiger partial charge < -0.3 is 9.90 Å². The molecule has 0 saturated carbocycles. The fraction of sp³-hybridized carbons (Fsp3) is 0.833. The van der Waals surface area contributed by atoms with E-state index >= 15 is 0 Å². The van der Waals surface area contributed by atoms with Gasteiger partial charge in [-0.2, -0.15) is 13.2 Å². The molecule has 3 nitrogen and oxygen atoms in total. The molecule has 1 fully saturated rings. The Morgan fingerprint density at radius 1 is 1.46 bits per heavy atom. The van der Waals surface area contributed by atoms with Crippen LogP contribution in [0.3, 0.4) is 0 Å². The van der Waals surface area contributed by atoms with E-state index in [1.165, 1.54) is 0 Å². The van der Waals surface area contributed by atoms with Crippen molar-refractivity contribution in [1.82, 2.24) is 4.90 Å². The molecule has 0 atom stereocenters. The van der Waals surface area contributed by atoms with E-state index < -0.39 is 24.6 Å². The molecule has 7 heteroatoms. The number of carboxylic acids is 1. The van der Waals surface area contributed by atoms with Crippen molar-refractivity contribution in [2.75, 3.05) is 19.6 Å². The molecule has 1 saturated heterocycles. The Hall–Kier alpha value is 0.220. The van der Waals surface area contributed by atoms with Crippen molar-refractivity contribution in [3.05, 3.63) is 0 Å². The number of carboxylic acid groups (broad SMARTS) is 1. The molecule has 0 aromatic rings. The normalized spacial score (nSPS) is 19.0. The third kappa shape index (κ3) is 4.30. The molecule has 0 radical (unpaired) electrons. The Bertz CT molecular complexity index is 191. The van der Waals surface area contributed by atoms with Gasteiger partial charge in [-0.15, -0.1) is 0 Å². The van der Waals surface area contributed by atoms with Gasteiger partial charge in [-0.1, -0.05) is 0 Å². The summed E-state index contributed by atoms with van der Waals surface area (Å²) in [5.41, 5.74) is 0. The number of hydrogen-bond acceptors (Lipinski definition) is 3. The number of alkyl halides is 3. The maximum Gasteiger partial charge on any atom is 1.00 e. The van der Waals surface area contributed by atoms with Gasteiger partial charge in [0.05, 0.1) is 6.54 Å². The van der Waals surface area contributed by atoms with Crippen molar-refractivity contribution >= 4 is 5.97 Å². The third-order valence-electron chi connectivity index (χ3n) is 1.69. The molecule has 0 unspecified atom stereocenters. The topological polar surface area (TPSA) is 43.4 Å². The minimum atomic E-state index is -4.24. The third-order valence-corrected chi connectivity index (χ3v) is 1.69. The van der Waals surface area contributed by atoms with E-state index in [2.05, 4.69) is 0 Å². The van der Waals surface area contributed by atoms with Crippen LogP contribution in [0.1, 0.15) is 0 Å². The van der Waals surface area contributed by atoms with Gasteiger partial charge in [0.25, 0.3) is 0 Å². The number of halogens is 3. The quantitative estimate of drug-likeness (QED) is 0.435. The minimum Gasteiger partial charge on any atom is -0.550 e. The maximum absolute atomic E-state index is 11.7. The second-order valence-electron chi connectivity index (χ2n) is 2.83. The van der Waals surface area contributed by atoms with Crippen molar-refractivity contribution in [2.45, 2.75) is 6.18 Å². The van der Waals surface area contributed by atoms with Gasteiger partial charge in [-0.05, 0) is 0 Å². The second-order valence-corrected chi connectivity index (χ2v) is 2.83. The fourth-order valence-corrected chi connectivity index (χ4v) is 1.10. The summed E-state index contributed by atoms with van der Waals surface area (Å²) in [5, 5.41) is 10.1. The predicted octanol–water partition coefficient (Wildman–Crippen LogP) is -3.77. The van der Waals surface area contributed by atoms with Crippen LogP contribution in [0.25, 0.3) is 0 Å². The first-order valence-electron chi connectivity index (χ1n) is 3.38. The summed E-state index contributed by atoms with van der Waals surface area (Å²) in [5.74, 6) is -2.00. The molecule has 1 rings (SSSR count). The summed E-state index contributed by atoms with van der Waals surface area (Å²) in [7, 11) is 0. The molecule has 13 heavy (non-hydrogen) atoms. The summed E-state index contributed by atoms with van der Waals surface area (Å²) in [6, 6.07) is 0. The van der Waals surface area contributed by atoms with E-state index in [0.29, 0.717) is 0 Å². The summed E-state index contributed by atoms with van der Waals surface area (Å²) in [6.45, 7) is -1.14. The Kier molecular flexibility index (Phi) is 4.71. The Balaban J connectivity index is 0.00000144. The predicted molar refractivity (Wildman–Crippen MR) is 31.0 cm³/mol. The largest absolute Gasteiger partial charge is 1.00 e. The SMILES string of the molecule is O=C([O-])C1CN(CC(F)(F)F)C1.[Na+]. The van der Waals surface area contributed by atoms with Crippen molar-refractivity contribution in [1.29, 1.82) is 0 Å². The molecule has 1 aliphatic rings. The second kappa shape index (κ2) is 4.63. The summed E-state index contributed by atoms with van der Waals surface area (Å²) < 4.78 is 35.0. The van der Waals surface area contributed by atoms with Crippen molar-refractivity contribution in [3.63, 3.8) is 0 Å². The number of rotatable bonds is 2. The zero-order valence-electron chi connectivity index (χ0n) is 7.10. The number of carbonyl (C=O) groups excluding carboxylic acids is 1. The van der Waals surface area contributed by atoms with Crippen LogP contribution in [0.4, 0.5) is 13.2 Å². The van der Waals surface area contributed by atoms with E-state index in [4.69, 9.17) is 0 Å². The number of nitrogens with zero attached hydrogens (tertiary/aromatic N) is 1. The van der Waals surface area contributed by atoms with Gasteiger partial charge in [-0.3, -0.25) is 4.90 Å². The molecule has 0 N–H and O–H groups in total. The molecule has 70 valence electrons. The maximum atomic E-state index is 11.7. The van der Waals surface area contributed by atoms with Gasteiger partial charge in [0.1, 0.15) is 0 Å². The first-order valence-corrected chi connectivity index (χ1v) is 3.38. The number of likely N-dealkylation sites (tertiary alicyclic amines) is 1.